The molecule has 4 N–H and O–H groups in total. The van der Waals surface area contributed by atoms with Crippen LogP contribution in [0.2, 0.25) is 20.1 Å². The molecule has 4 aromatic carbocycles. The summed E-state index contributed by atoms with van der Waals surface area (Å²) in [4.78, 5) is 105. The van der Waals surface area contributed by atoms with E-state index >= 15 is 0 Å². The van der Waals surface area contributed by atoms with Crippen LogP contribution in [0.15, 0.2) is 134 Å². The van der Waals surface area contributed by atoms with Gasteiger partial charge in [0.15, 0.2) is 0 Å². The molecule has 0 unspecified atom stereocenters. The number of carbonyl (C=O) groups excluding carboxylic acids is 6. The molecule has 4 fully saturated rings. The number of halogens is 5. The molecule has 474 valence electrons. The minimum absolute atomic E-state index is 0. The summed E-state index contributed by atoms with van der Waals surface area (Å²) in [6.45, 7) is 3.47. The molecule has 0 bridgehead atoms. The number of pyridine rings is 2. The van der Waals surface area contributed by atoms with Gasteiger partial charge in [-0.25, -0.2) is 19.8 Å². The Morgan fingerprint density at radius 1 is 0.500 bits per heavy atom. The molecule has 8 aromatic rings. The topological polar surface area (TPSA) is 290 Å². The highest BCUT2D eigenvalue weighted by Crippen LogP contribution is 2.50. The number of imidazole rings is 2. The fourth-order valence-corrected chi connectivity index (χ4v) is 13.8. The second kappa shape index (κ2) is 24.3. The van der Waals surface area contributed by atoms with Crippen molar-refractivity contribution in [2.75, 3.05) is 9.80 Å². The van der Waals surface area contributed by atoms with E-state index < -0.39 is 45.0 Å². The van der Waals surface area contributed by atoms with Gasteiger partial charge < -0.3 is 21.3 Å². The SMILES string of the molecule is C.C[C@@]1(Cc2ccc(C#N)cc2)C(=O)N(c2cc(Cl)cc(Cl)c2)c2ncc(C(=O)NC3(C(=O)NC4(c5cc(C#N)ccn5)CC4)CC3)n21.C[C@@]1(Cc2ccc(C#N)cc2)C(=O)N(c2cc(Cl)cc(Cl)c2)c2ncc(C(=O)NC3(C(=O)NC4(c5cc(I)ccn5)CC4)CC3)n21. The van der Waals surface area contributed by atoms with Crippen LogP contribution in [0.1, 0.15) is 133 Å². The Balaban J connectivity index is 0.000000179. The number of rotatable bonds is 16. The highest BCUT2D eigenvalue weighted by molar-refractivity contribution is 14.1. The van der Waals surface area contributed by atoms with Crippen LogP contribution in [0.3, 0.4) is 0 Å². The fraction of sp³-hybridized carbons (Fsp3) is 0.279. The summed E-state index contributed by atoms with van der Waals surface area (Å²) >= 11 is 27.5. The lowest BCUT2D eigenvalue weighted by molar-refractivity contribution is -0.125. The van der Waals surface area contributed by atoms with E-state index in [9.17, 15) is 44.6 Å². The molecule has 21 nitrogen and oxygen atoms in total. The van der Waals surface area contributed by atoms with Crippen molar-refractivity contribution in [3.63, 3.8) is 0 Å². The first kappa shape index (κ1) is 64.9. The summed E-state index contributed by atoms with van der Waals surface area (Å²) in [6, 6.07) is 36.8. The van der Waals surface area contributed by atoms with E-state index in [1.165, 1.54) is 22.2 Å². The second-order valence-electron chi connectivity index (χ2n) is 24.7. The van der Waals surface area contributed by atoms with Crippen molar-refractivity contribution in [1.29, 1.82) is 15.8 Å². The van der Waals surface area contributed by atoms with Crippen molar-refractivity contribution < 1.29 is 28.8 Å². The van der Waals surface area contributed by atoms with E-state index in [-0.39, 0.29) is 67.2 Å². The molecule has 4 aromatic heterocycles. The molecule has 2 atom stereocenters. The first-order chi connectivity index (χ1) is 44.5. The Bertz CT molecular complexity index is 4600. The number of amides is 6. The molecule has 0 radical (unpaired) electrons. The van der Waals surface area contributed by atoms with Crippen LogP contribution in [0, 0.1) is 37.6 Å². The molecule has 2 aliphatic heterocycles. The lowest BCUT2D eigenvalue weighted by Crippen LogP contribution is -2.52. The number of nitrogens with zero attached hydrogens (tertiary/aromatic N) is 11. The van der Waals surface area contributed by atoms with Gasteiger partial charge in [0, 0.05) is 48.9 Å². The summed E-state index contributed by atoms with van der Waals surface area (Å²) in [5.41, 5.74) is -0.665. The summed E-state index contributed by atoms with van der Waals surface area (Å²) < 4.78 is 4.23. The molecule has 4 aliphatic carbocycles. The summed E-state index contributed by atoms with van der Waals surface area (Å²) in [5, 5.41) is 41.3. The van der Waals surface area contributed by atoms with Crippen LogP contribution in [0.25, 0.3) is 0 Å². The highest BCUT2D eigenvalue weighted by Gasteiger charge is 2.60. The second-order valence-corrected chi connectivity index (χ2v) is 27.6. The van der Waals surface area contributed by atoms with Gasteiger partial charge in [0.25, 0.3) is 23.6 Å². The zero-order valence-corrected chi connectivity index (χ0v) is 54.7. The number of nitrogens with one attached hydrogen (secondary N) is 4. The van der Waals surface area contributed by atoms with Crippen LogP contribution >= 0.6 is 69.0 Å². The van der Waals surface area contributed by atoms with Gasteiger partial charge in [-0.15, -0.1) is 0 Å². The van der Waals surface area contributed by atoms with Crippen LogP contribution in [0.5, 0.6) is 0 Å². The smallest absolute Gasteiger partial charge is 0.270 e. The molecule has 4 saturated carbocycles. The van der Waals surface area contributed by atoms with Crippen molar-refractivity contribution in [3.8, 4) is 18.2 Å². The van der Waals surface area contributed by atoms with Crippen molar-refractivity contribution in [3.05, 3.63) is 208 Å². The third-order valence-corrected chi connectivity index (χ3v) is 19.6. The normalized spacial score (nSPS) is 19.7. The Kier molecular flexibility index (Phi) is 16.8. The van der Waals surface area contributed by atoms with E-state index in [1.807, 2.05) is 12.1 Å². The number of anilines is 4. The molecule has 6 aliphatic rings. The van der Waals surface area contributed by atoms with E-state index in [4.69, 9.17) is 46.4 Å². The fourth-order valence-electron chi connectivity index (χ4n) is 12.3. The number of benzene rings is 4. The standard InChI is InChI=1S/C34H26Cl2N8O3.C33H26Cl2IN7O3.CH4/c1-32(16-20-2-4-21(17-37)5-3-20)30(47)43(25-14-23(35)13-24(36)15-25)31-40-19-26(44(31)32)28(45)41-34(9-10-34)29(46)42-33(7-8-33)27-12-22(18-38)6-11-39-27;1-31(16-19-2-4-20(17-37)5-3-19)29(46)42(24-13-21(34)12-22(35)14-24)30-39-18-25(43(30)31)27(44)40-33(9-10-33)28(45)41-32(7-8-32)26-15-23(36)6-11-38-26;/h2-6,11-15,19H,7-10,16H2,1H3,(H,41,45)(H,42,46);2-6,11-15,18H,7-10,16H2,1H3,(H,40,44)(H,41,45);1H4/t32-;31-;/m11./s1. The third kappa shape index (κ3) is 11.8. The van der Waals surface area contributed by atoms with Crippen LogP contribution in [-0.4, -0.2) is 75.6 Å². The quantitative estimate of drug-likeness (QED) is 0.0655. The zero-order valence-electron chi connectivity index (χ0n) is 49.5. The number of hydrogen-bond acceptors (Lipinski definition) is 13. The van der Waals surface area contributed by atoms with Crippen molar-refractivity contribution in [2.24, 2.45) is 0 Å². The maximum Gasteiger partial charge on any atom is 0.270 e. The van der Waals surface area contributed by atoms with Gasteiger partial charge in [0.1, 0.15) is 33.5 Å². The molecule has 94 heavy (non-hydrogen) atoms. The number of carbonyl (C=O) groups is 6. The minimum Gasteiger partial charge on any atom is -0.343 e. The largest absolute Gasteiger partial charge is 0.343 e. The first-order valence-electron chi connectivity index (χ1n) is 29.5. The maximum atomic E-state index is 14.3. The highest BCUT2D eigenvalue weighted by atomic mass is 127. The van der Waals surface area contributed by atoms with E-state index in [2.05, 4.69) is 82.0 Å². The third-order valence-electron chi connectivity index (χ3n) is 18.0. The Labute approximate surface area is 573 Å². The lowest BCUT2D eigenvalue weighted by Gasteiger charge is -2.27. The Morgan fingerprint density at radius 2 is 0.872 bits per heavy atom. The minimum atomic E-state index is -1.32. The van der Waals surface area contributed by atoms with Gasteiger partial charge in [0.05, 0.1) is 81.1 Å². The number of aromatic nitrogens is 6. The molecular weight excluding hydrogens is 1390 g/mol. The van der Waals surface area contributed by atoms with Gasteiger partial charge >= 0.3 is 0 Å². The van der Waals surface area contributed by atoms with Gasteiger partial charge in [0.2, 0.25) is 23.7 Å². The van der Waals surface area contributed by atoms with E-state index in [1.54, 1.807) is 132 Å². The van der Waals surface area contributed by atoms with Crippen molar-refractivity contribution in [2.45, 2.75) is 119 Å². The van der Waals surface area contributed by atoms with Crippen LogP contribution in [-0.2, 0) is 54.2 Å². The van der Waals surface area contributed by atoms with E-state index in [0.29, 0.717) is 92.4 Å². The molecule has 0 saturated heterocycles. The van der Waals surface area contributed by atoms with Gasteiger partial charge in [-0.3, -0.25) is 47.9 Å². The van der Waals surface area contributed by atoms with Gasteiger partial charge in [-0.05, 0) is 184 Å². The molecule has 6 heterocycles. The lowest BCUT2D eigenvalue weighted by atomic mass is 9.91. The molecule has 0 spiro atoms. The zero-order chi connectivity index (χ0) is 65.6. The average Bonchev–Trinajstić information content (AvgIpc) is 1.46. The predicted molar refractivity (Wildman–Crippen MR) is 358 cm³/mol. The summed E-state index contributed by atoms with van der Waals surface area (Å²) in [6.07, 6.45) is 11.2. The molecule has 14 rings (SSSR count). The molecular formula is C68H56Cl4IN15O6. The maximum absolute atomic E-state index is 14.3. The monoisotopic (exact) mass is 1450 g/mol. The first-order valence-corrected chi connectivity index (χ1v) is 32.1. The van der Waals surface area contributed by atoms with Gasteiger partial charge in [-0.2, -0.15) is 15.8 Å². The summed E-state index contributed by atoms with van der Waals surface area (Å²) in [5.74, 6) is -1.95. The number of nitriles is 3. The van der Waals surface area contributed by atoms with Gasteiger partial charge in [-0.1, -0.05) is 78.1 Å². The van der Waals surface area contributed by atoms with E-state index in [0.717, 1.165) is 33.2 Å². The molecule has 6 amide bonds. The average molecular weight is 1450 g/mol. The Hall–Kier alpha value is -9.22. The van der Waals surface area contributed by atoms with Crippen LogP contribution < -0.4 is 31.1 Å². The number of hydrogen-bond donors (Lipinski definition) is 4. The van der Waals surface area contributed by atoms with Crippen molar-refractivity contribution in [1.82, 2.24) is 50.3 Å². The van der Waals surface area contributed by atoms with Crippen molar-refractivity contribution >= 4 is 128 Å². The summed E-state index contributed by atoms with van der Waals surface area (Å²) in [7, 11) is 0. The van der Waals surface area contributed by atoms with Crippen LogP contribution in [0.4, 0.5) is 23.3 Å². The molecule has 26 heteroatoms. The predicted octanol–water partition coefficient (Wildman–Crippen LogP) is 11.4. The number of fused-ring (bicyclic) bond motifs is 2. The Morgan fingerprint density at radius 3 is 1.22 bits per heavy atom.